The maximum atomic E-state index is 6.10. The van der Waals surface area contributed by atoms with Crippen LogP contribution < -0.4 is 0 Å². The molecule has 0 fully saturated rings. The lowest BCUT2D eigenvalue weighted by molar-refractivity contribution is 0.315. The summed E-state index contributed by atoms with van der Waals surface area (Å²) in [5.74, 6) is 0. The van der Waals surface area contributed by atoms with Gasteiger partial charge in [-0.1, -0.05) is 46.9 Å². The normalized spacial score (nSPS) is 11.0. The topological polar surface area (TPSA) is 16.1 Å². The smallest absolute Gasteiger partial charge is 0.129 e. The van der Waals surface area contributed by atoms with Crippen LogP contribution in [0.15, 0.2) is 36.4 Å². The SMILES string of the molecule is CN(Cc1ccc(Cl)cc1)Cc1nc(Cl)ccc1Cl. The molecule has 1 aromatic carbocycles. The van der Waals surface area contributed by atoms with Crippen molar-refractivity contribution in [3.63, 3.8) is 0 Å². The van der Waals surface area contributed by atoms with Crippen molar-refractivity contribution in [2.24, 2.45) is 0 Å². The average molecular weight is 316 g/mol. The average Bonchev–Trinajstić information content (AvgIpc) is 2.37. The van der Waals surface area contributed by atoms with E-state index in [2.05, 4.69) is 9.88 Å². The maximum absolute atomic E-state index is 6.10. The fourth-order valence-corrected chi connectivity index (χ4v) is 2.24. The Hall–Kier alpha value is -0.800. The molecule has 0 aliphatic carbocycles. The summed E-state index contributed by atoms with van der Waals surface area (Å²) in [6, 6.07) is 11.2. The Bertz CT molecular complexity index is 555. The highest BCUT2D eigenvalue weighted by molar-refractivity contribution is 6.32. The number of hydrogen-bond donors (Lipinski definition) is 0. The fourth-order valence-electron chi connectivity index (χ4n) is 1.78. The van der Waals surface area contributed by atoms with Crippen LogP contribution in [-0.2, 0) is 13.1 Å². The van der Waals surface area contributed by atoms with Gasteiger partial charge in [-0.3, -0.25) is 4.90 Å². The minimum atomic E-state index is 0.458. The Balaban J connectivity index is 2.02. The molecule has 19 heavy (non-hydrogen) atoms. The summed E-state index contributed by atoms with van der Waals surface area (Å²) in [7, 11) is 2.01. The summed E-state index contributed by atoms with van der Waals surface area (Å²) in [6.45, 7) is 1.43. The third-order valence-corrected chi connectivity index (χ3v) is 3.48. The minimum Gasteiger partial charge on any atom is -0.296 e. The predicted molar refractivity (Wildman–Crippen MR) is 80.9 cm³/mol. The molecule has 0 amide bonds. The van der Waals surface area contributed by atoms with Gasteiger partial charge in [-0.05, 0) is 36.9 Å². The van der Waals surface area contributed by atoms with E-state index in [0.29, 0.717) is 16.7 Å². The van der Waals surface area contributed by atoms with Crippen LogP contribution in [0.2, 0.25) is 15.2 Å². The molecule has 2 nitrogen and oxygen atoms in total. The molecule has 2 aromatic rings. The standard InChI is InChI=1S/C14H13Cl3N2/c1-19(8-10-2-4-11(15)5-3-10)9-13-12(16)6-7-14(17)18-13/h2-7H,8-9H2,1H3. The molecule has 0 atom stereocenters. The van der Waals surface area contributed by atoms with E-state index in [9.17, 15) is 0 Å². The second-order valence-electron chi connectivity index (χ2n) is 4.36. The second-order valence-corrected chi connectivity index (χ2v) is 5.59. The van der Waals surface area contributed by atoms with Gasteiger partial charge in [-0.25, -0.2) is 4.98 Å². The van der Waals surface area contributed by atoms with E-state index < -0.39 is 0 Å². The van der Waals surface area contributed by atoms with Gasteiger partial charge in [-0.2, -0.15) is 0 Å². The first-order valence-corrected chi connectivity index (χ1v) is 6.92. The Kier molecular flexibility index (Phi) is 5.06. The highest BCUT2D eigenvalue weighted by Crippen LogP contribution is 2.19. The van der Waals surface area contributed by atoms with Gasteiger partial charge in [0.2, 0.25) is 0 Å². The summed E-state index contributed by atoms with van der Waals surface area (Å²) in [4.78, 5) is 6.36. The molecule has 0 N–H and O–H groups in total. The Labute approximate surface area is 127 Å². The molecule has 0 aliphatic rings. The van der Waals surface area contributed by atoms with Crippen LogP contribution >= 0.6 is 34.8 Å². The van der Waals surface area contributed by atoms with Gasteiger partial charge < -0.3 is 0 Å². The number of halogens is 3. The van der Waals surface area contributed by atoms with Crippen molar-refractivity contribution in [3.8, 4) is 0 Å². The molecule has 0 aliphatic heterocycles. The molecule has 0 unspecified atom stereocenters. The lowest BCUT2D eigenvalue weighted by Crippen LogP contribution is -2.18. The van der Waals surface area contributed by atoms with E-state index in [1.807, 2.05) is 31.3 Å². The van der Waals surface area contributed by atoms with Crippen LogP contribution in [0.5, 0.6) is 0 Å². The molecule has 5 heteroatoms. The first kappa shape index (κ1) is 14.6. The van der Waals surface area contributed by atoms with Gasteiger partial charge >= 0.3 is 0 Å². The molecular formula is C14H13Cl3N2. The Morgan fingerprint density at radius 1 is 0.947 bits per heavy atom. The molecular weight excluding hydrogens is 303 g/mol. The van der Waals surface area contributed by atoms with Gasteiger partial charge in [0.1, 0.15) is 5.15 Å². The van der Waals surface area contributed by atoms with Crippen molar-refractivity contribution in [1.82, 2.24) is 9.88 Å². The highest BCUT2D eigenvalue weighted by Gasteiger charge is 2.07. The first-order valence-electron chi connectivity index (χ1n) is 5.78. The highest BCUT2D eigenvalue weighted by atomic mass is 35.5. The lowest BCUT2D eigenvalue weighted by atomic mass is 10.2. The monoisotopic (exact) mass is 314 g/mol. The zero-order valence-electron chi connectivity index (χ0n) is 10.4. The van der Waals surface area contributed by atoms with Gasteiger partial charge in [0.05, 0.1) is 10.7 Å². The molecule has 0 spiro atoms. The summed E-state index contributed by atoms with van der Waals surface area (Å²) in [5.41, 5.74) is 1.97. The molecule has 0 saturated heterocycles. The molecule has 0 radical (unpaired) electrons. The van der Waals surface area contributed by atoms with Crippen molar-refractivity contribution < 1.29 is 0 Å². The number of benzene rings is 1. The van der Waals surface area contributed by atoms with Crippen LogP contribution in [0.25, 0.3) is 0 Å². The van der Waals surface area contributed by atoms with E-state index in [0.717, 1.165) is 17.3 Å². The van der Waals surface area contributed by atoms with Crippen molar-refractivity contribution >= 4 is 34.8 Å². The van der Waals surface area contributed by atoms with Crippen LogP contribution in [-0.4, -0.2) is 16.9 Å². The largest absolute Gasteiger partial charge is 0.296 e. The number of aromatic nitrogens is 1. The summed E-state index contributed by atoms with van der Waals surface area (Å²) >= 11 is 17.8. The fraction of sp³-hybridized carbons (Fsp3) is 0.214. The number of hydrogen-bond acceptors (Lipinski definition) is 2. The predicted octanol–water partition coefficient (Wildman–Crippen LogP) is 4.67. The van der Waals surface area contributed by atoms with E-state index in [-0.39, 0.29) is 0 Å². The van der Waals surface area contributed by atoms with Gasteiger partial charge in [0, 0.05) is 18.1 Å². The van der Waals surface area contributed by atoms with Crippen LogP contribution in [0.3, 0.4) is 0 Å². The molecule has 1 aromatic heterocycles. The lowest BCUT2D eigenvalue weighted by Gasteiger charge is -2.17. The summed E-state index contributed by atoms with van der Waals surface area (Å²) < 4.78 is 0. The molecule has 100 valence electrons. The third-order valence-electron chi connectivity index (χ3n) is 2.67. The van der Waals surface area contributed by atoms with Crippen molar-refractivity contribution in [1.29, 1.82) is 0 Å². The van der Waals surface area contributed by atoms with Gasteiger partial charge in [-0.15, -0.1) is 0 Å². The first-order chi connectivity index (χ1) is 9.04. The van der Waals surface area contributed by atoms with Crippen LogP contribution in [0.4, 0.5) is 0 Å². The molecule has 0 bridgehead atoms. The quantitative estimate of drug-likeness (QED) is 0.762. The van der Waals surface area contributed by atoms with Gasteiger partial charge in [0.25, 0.3) is 0 Å². The minimum absolute atomic E-state index is 0.458. The number of nitrogens with zero attached hydrogens (tertiary/aromatic N) is 2. The zero-order valence-corrected chi connectivity index (χ0v) is 12.7. The van der Waals surface area contributed by atoms with Crippen LogP contribution in [0.1, 0.15) is 11.3 Å². The van der Waals surface area contributed by atoms with Crippen molar-refractivity contribution in [2.75, 3.05) is 7.05 Å². The molecule has 2 rings (SSSR count). The number of pyridine rings is 1. The van der Waals surface area contributed by atoms with E-state index >= 15 is 0 Å². The Morgan fingerprint density at radius 2 is 1.63 bits per heavy atom. The third kappa shape index (κ3) is 4.36. The van der Waals surface area contributed by atoms with E-state index in [4.69, 9.17) is 34.8 Å². The summed E-state index contributed by atoms with van der Waals surface area (Å²) in [5, 5.41) is 1.83. The summed E-state index contributed by atoms with van der Waals surface area (Å²) in [6.07, 6.45) is 0. The molecule has 0 saturated carbocycles. The van der Waals surface area contributed by atoms with Crippen molar-refractivity contribution in [3.05, 3.63) is 62.9 Å². The second kappa shape index (κ2) is 6.58. The number of rotatable bonds is 4. The maximum Gasteiger partial charge on any atom is 0.129 e. The van der Waals surface area contributed by atoms with Crippen LogP contribution in [0, 0.1) is 0 Å². The Morgan fingerprint density at radius 3 is 2.32 bits per heavy atom. The van der Waals surface area contributed by atoms with Crippen molar-refractivity contribution in [2.45, 2.75) is 13.1 Å². The zero-order chi connectivity index (χ0) is 13.8. The van der Waals surface area contributed by atoms with E-state index in [1.165, 1.54) is 5.56 Å². The van der Waals surface area contributed by atoms with Gasteiger partial charge in [0.15, 0.2) is 0 Å². The molecule has 1 heterocycles. The van der Waals surface area contributed by atoms with E-state index in [1.54, 1.807) is 12.1 Å².